The minimum absolute atomic E-state index is 0.0880. The lowest BCUT2D eigenvalue weighted by molar-refractivity contribution is -0.141. The van der Waals surface area contributed by atoms with Gasteiger partial charge in [0, 0.05) is 18.2 Å². The second-order valence-electron chi connectivity index (χ2n) is 3.10. The number of hydrogen-bond acceptors (Lipinski definition) is 4. The SMILES string of the molecule is COC(=O)CC(CN)c1cccc(Br)n1. The van der Waals surface area contributed by atoms with E-state index < -0.39 is 0 Å². The number of methoxy groups -OCH3 is 1. The molecule has 5 heteroatoms. The summed E-state index contributed by atoms with van der Waals surface area (Å²) >= 11 is 3.27. The molecule has 1 aromatic heterocycles. The quantitative estimate of drug-likeness (QED) is 0.666. The highest BCUT2D eigenvalue weighted by atomic mass is 79.9. The summed E-state index contributed by atoms with van der Waals surface area (Å²) < 4.78 is 5.34. The average molecular weight is 273 g/mol. The Morgan fingerprint density at radius 2 is 2.40 bits per heavy atom. The predicted octanol–water partition coefficient (Wildman–Crippen LogP) is 1.45. The summed E-state index contributed by atoms with van der Waals surface area (Å²) in [6.07, 6.45) is 0.260. The van der Waals surface area contributed by atoms with Crippen molar-refractivity contribution in [1.82, 2.24) is 4.98 Å². The zero-order valence-corrected chi connectivity index (χ0v) is 10.0. The first-order valence-electron chi connectivity index (χ1n) is 4.56. The van der Waals surface area contributed by atoms with E-state index in [0.29, 0.717) is 6.54 Å². The maximum atomic E-state index is 11.1. The van der Waals surface area contributed by atoms with Crippen LogP contribution in [-0.4, -0.2) is 24.6 Å². The van der Waals surface area contributed by atoms with Crippen molar-refractivity contribution >= 4 is 21.9 Å². The molecular weight excluding hydrogens is 260 g/mol. The molecule has 1 rings (SSSR count). The average Bonchev–Trinajstić information content (AvgIpc) is 2.25. The highest BCUT2D eigenvalue weighted by molar-refractivity contribution is 9.10. The van der Waals surface area contributed by atoms with Crippen LogP contribution in [0, 0.1) is 0 Å². The lowest BCUT2D eigenvalue weighted by Crippen LogP contribution is -2.18. The van der Waals surface area contributed by atoms with E-state index in [-0.39, 0.29) is 18.3 Å². The smallest absolute Gasteiger partial charge is 0.306 e. The van der Waals surface area contributed by atoms with Gasteiger partial charge in [0.05, 0.1) is 13.5 Å². The van der Waals surface area contributed by atoms with Crippen molar-refractivity contribution in [3.05, 3.63) is 28.5 Å². The Morgan fingerprint density at radius 3 is 2.93 bits per heavy atom. The Labute approximate surface area is 97.0 Å². The van der Waals surface area contributed by atoms with Gasteiger partial charge in [0.2, 0.25) is 0 Å². The van der Waals surface area contributed by atoms with Crippen molar-refractivity contribution in [2.45, 2.75) is 12.3 Å². The zero-order valence-electron chi connectivity index (χ0n) is 8.44. The third kappa shape index (κ3) is 3.60. The first-order chi connectivity index (χ1) is 7.17. The molecule has 0 saturated heterocycles. The van der Waals surface area contributed by atoms with Gasteiger partial charge >= 0.3 is 5.97 Å². The van der Waals surface area contributed by atoms with E-state index in [2.05, 4.69) is 25.7 Å². The van der Waals surface area contributed by atoms with Crippen molar-refractivity contribution in [3.8, 4) is 0 Å². The summed E-state index contributed by atoms with van der Waals surface area (Å²) in [6.45, 7) is 0.374. The highest BCUT2D eigenvalue weighted by Gasteiger charge is 2.16. The molecule has 2 N–H and O–H groups in total. The number of carbonyl (C=O) groups is 1. The molecular formula is C10H13BrN2O2. The van der Waals surface area contributed by atoms with E-state index in [0.717, 1.165) is 10.3 Å². The molecule has 0 bridgehead atoms. The second-order valence-corrected chi connectivity index (χ2v) is 3.91. The van der Waals surface area contributed by atoms with Crippen molar-refractivity contribution in [1.29, 1.82) is 0 Å². The number of nitrogens with zero attached hydrogens (tertiary/aromatic N) is 1. The van der Waals surface area contributed by atoms with Crippen LogP contribution in [0.3, 0.4) is 0 Å². The molecule has 1 heterocycles. The van der Waals surface area contributed by atoms with Crippen LogP contribution in [0.15, 0.2) is 22.8 Å². The highest BCUT2D eigenvalue weighted by Crippen LogP contribution is 2.18. The van der Waals surface area contributed by atoms with Gasteiger partial charge in [0.25, 0.3) is 0 Å². The molecule has 0 spiro atoms. The molecule has 82 valence electrons. The Balaban J connectivity index is 2.78. The zero-order chi connectivity index (χ0) is 11.3. The van der Waals surface area contributed by atoms with Crippen LogP contribution in [0.2, 0.25) is 0 Å². The van der Waals surface area contributed by atoms with E-state index in [1.807, 2.05) is 18.2 Å². The van der Waals surface area contributed by atoms with Gasteiger partial charge in [-0.2, -0.15) is 0 Å². The molecule has 1 atom stereocenters. The molecule has 0 saturated carbocycles. The van der Waals surface area contributed by atoms with Gasteiger partial charge in [0.1, 0.15) is 4.60 Å². The molecule has 0 aliphatic heterocycles. The maximum Gasteiger partial charge on any atom is 0.306 e. The number of aromatic nitrogens is 1. The summed E-state index contributed by atoms with van der Waals surface area (Å²) in [7, 11) is 1.37. The van der Waals surface area contributed by atoms with Crippen LogP contribution < -0.4 is 5.73 Å². The third-order valence-corrected chi connectivity index (χ3v) is 2.52. The Bertz CT molecular complexity index is 344. The fraction of sp³-hybridized carbons (Fsp3) is 0.400. The van der Waals surface area contributed by atoms with Gasteiger partial charge < -0.3 is 10.5 Å². The van der Waals surface area contributed by atoms with Crippen molar-refractivity contribution in [2.24, 2.45) is 5.73 Å². The number of halogens is 1. The summed E-state index contributed by atoms with van der Waals surface area (Å²) in [5.41, 5.74) is 6.40. The summed E-state index contributed by atoms with van der Waals surface area (Å²) in [4.78, 5) is 15.4. The van der Waals surface area contributed by atoms with Crippen molar-refractivity contribution in [2.75, 3.05) is 13.7 Å². The molecule has 0 radical (unpaired) electrons. The Morgan fingerprint density at radius 1 is 1.67 bits per heavy atom. The van der Waals surface area contributed by atoms with Gasteiger partial charge in [-0.3, -0.25) is 4.79 Å². The second kappa shape index (κ2) is 5.82. The van der Waals surface area contributed by atoms with E-state index >= 15 is 0 Å². The number of pyridine rings is 1. The topological polar surface area (TPSA) is 65.2 Å². The van der Waals surface area contributed by atoms with Crippen LogP contribution in [-0.2, 0) is 9.53 Å². The molecule has 1 unspecified atom stereocenters. The molecule has 0 aliphatic rings. The maximum absolute atomic E-state index is 11.1. The number of ether oxygens (including phenoxy) is 1. The summed E-state index contributed by atoms with van der Waals surface area (Å²) in [5, 5.41) is 0. The van der Waals surface area contributed by atoms with E-state index in [9.17, 15) is 4.79 Å². The Kier molecular flexibility index (Phi) is 4.71. The van der Waals surface area contributed by atoms with E-state index in [1.54, 1.807) is 0 Å². The van der Waals surface area contributed by atoms with Gasteiger partial charge in [-0.1, -0.05) is 6.07 Å². The minimum atomic E-state index is -0.271. The molecule has 4 nitrogen and oxygen atoms in total. The van der Waals surface area contributed by atoms with Crippen LogP contribution in [0.1, 0.15) is 18.0 Å². The van der Waals surface area contributed by atoms with Crippen LogP contribution >= 0.6 is 15.9 Å². The number of carbonyl (C=O) groups excluding carboxylic acids is 1. The molecule has 0 amide bonds. The van der Waals surface area contributed by atoms with Gasteiger partial charge in [-0.25, -0.2) is 4.98 Å². The summed E-state index contributed by atoms with van der Waals surface area (Å²) in [5.74, 6) is -0.359. The fourth-order valence-electron chi connectivity index (χ4n) is 1.24. The number of hydrogen-bond donors (Lipinski definition) is 1. The molecule has 0 aliphatic carbocycles. The molecule has 15 heavy (non-hydrogen) atoms. The molecule has 0 fully saturated rings. The lowest BCUT2D eigenvalue weighted by atomic mass is 10.0. The monoisotopic (exact) mass is 272 g/mol. The fourth-order valence-corrected chi connectivity index (χ4v) is 1.60. The number of nitrogens with two attached hydrogens (primary N) is 1. The van der Waals surface area contributed by atoms with Crippen LogP contribution in [0.5, 0.6) is 0 Å². The standard InChI is InChI=1S/C10H13BrN2O2/c1-15-10(14)5-7(6-12)8-3-2-4-9(11)13-8/h2-4,7H,5-6,12H2,1H3. The molecule has 0 aromatic carbocycles. The Hall–Kier alpha value is -0.940. The largest absolute Gasteiger partial charge is 0.469 e. The van der Waals surface area contributed by atoms with Gasteiger partial charge in [-0.15, -0.1) is 0 Å². The normalized spacial score (nSPS) is 12.2. The van der Waals surface area contributed by atoms with Crippen molar-refractivity contribution < 1.29 is 9.53 Å². The van der Waals surface area contributed by atoms with Crippen LogP contribution in [0.4, 0.5) is 0 Å². The van der Waals surface area contributed by atoms with Crippen molar-refractivity contribution in [3.63, 3.8) is 0 Å². The first-order valence-corrected chi connectivity index (χ1v) is 5.36. The van der Waals surface area contributed by atoms with Crippen LogP contribution in [0.25, 0.3) is 0 Å². The summed E-state index contributed by atoms with van der Waals surface area (Å²) in [6, 6.07) is 5.55. The lowest BCUT2D eigenvalue weighted by Gasteiger charge is -2.12. The minimum Gasteiger partial charge on any atom is -0.469 e. The number of rotatable bonds is 4. The number of esters is 1. The van der Waals surface area contributed by atoms with E-state index in [1.165, 1.54) is 7.11 Å². The van der Waals surface area contributed by atoms with E-state index in [4.69, 9.17) is 5.73 Å². The van der Waals surface area contributed by atoms with Gasteiger partial charge in [-0.05, 0) is 28.1 Å². The predicted molar refractivity (Wildman–Crippen MR) is 60.4 cm³/mol. The molecule has 1 aromatic rings. The first kappa shape index (κ1) is 12.1. The third-order valence-electron chi connectivity index (χ3n) is 2.08. The van der Waals surface area contributed by atoms with Gasteiger partial charge in [0.15, 0.2) is 0 Å².